The highest BCUT2D eigenvalue weighted by Crippen LogP contribution is 2.26. The van der Waals surface area contributed by atoms with Crippen molar-refractivity contribution in [2.75, 3.05) is 37.4 Å². The fourth-order valence-electron chi connectivity index (χ4n) is 2.60. The lowest BCUT2D eigenvalue weighted by atomic mass is 10.1. The summed E-state index contributed by atoms with van der Waals surface area (Å²) < 4.78 is 10.9. The van der Waals surface area contributed by atoms with Crippen LogP contribution >= 0.6 is 0 Å². The van der Waals surface area contributed by atoms with Gasteiger partial charge in [-0.05, 0) is 49.4 Å². The molecule has 1 heterocycles. The highest BCUT2D eigenvalue weighted by Gasteiger charge is 2.21. The van der Waals surface area contributed by atoms with Crippen LogP contribution in [0.15, 0.2) is 42.5 Å². The van der Waals surface area contributed by atoms with Crippen molar-refractivity contribution in [3.05, 3.63) is 48.0 Å². The van der Waals surface area contributed by atoms with Gasteiger partial charge in [0.25, 0.3) is 5.91 Å². The zero-order valence-electron chi connectivity index (χ0n) is 14.7. The first kappa shape index (κ1) is 17.6. The second-order valence-corrected chi connectivity index (χ2v) is 5.82. The number of ether oxygens (including phenoxy) is 2. The minimum absolute atomic E-state index is 0.131. The Balaban J connectivity index is 1.68. The summed E-state index contributed by atoms with van der Waals surface area (Å²) in [7, 11) is 1.72. The van der Waals surface area contributed by atoms with Gasteiger partial charge in [-0.25, -0.2) is 4.79 Å². The Morgan fingerprint density at radius 1 is 1.15 bits per heavy atom. The maximum Gasteiger partial charge on any atom is 0.323 e. The molecular formula is C19H21N3O4. The molecule has 3 rings (SSSR count). The van der Waals surface area contributed by atoms with Gasteiger partial charge < -0.3 is 25.0 Å². The number of hydrogen-bond donors (Lipinski definition) is 2. The van der Waals surface area contributed by atoms with E-state index in [4.69, 9.17) is 9.47 Å². The average Bonchev–Trinajstić information content (AvgIpc) is 2.76. The van der Waals surface area contributed by atoms with Gasteiger partial charge in [0.1, 0.15) is 18.1 Å². The number of carbonyl (C=O) groups excluding carboxylic acids is 2. The van der Waals surface area contributed by atoms with Crippen molar-refractivity contribution in [3.8, 4) is 11.5 Å². The van der Waals surface area contributed by atoms with Gasteiger partial charge in [-0.2, -0.15) is 0 Å². The molecule has 0 fully saturated rings. The Bertz CT molecular complexity index is 805. The van der Waals surface area contributed by atoms with Gasteiger partial charge in [0.15, 0.2) is 0 Å². The standard InChI is InChI=1S/C19H21N3O4/c1-3-25-15-7-4-13(5-8-15)20-19(24)21-14-6-9-17-16(12-14)18(23)22(2)10-11-26-17/h4-9,12H,3,10-11H2,1-2H3,(H2,20,21,24). The predicted octanol–water partition coefficient (Wildman–Crippen LogP) is 3.19. The number of hydrogen-bond acceptors (Lipinski definition) is 4. The van der Waals surface area contributed by atoms with E-state index in [-0.39, 0.29) is 5.91 Å². The zero-order chi connectivity index (χ0) is 18.5. The second-order valence-electron chi connectivity index (χ2n) is 5.82. The van der Waals surface area contributed by atoms with Crippen molar-refractivity contribution in [2.45, 2.75) is 6.92 Å². The van der Waals surface area contributed by atoms with Gasteiger partial charge in [-0.3, -0.25) is 4.79 Å². The molecule has 0 spiro atoms. The third kappa shape index (κ3) is 4.05. The van der Waals surface area contributed by atoms with E-state index in [2.05, 4.69) is 10.6 Å². The minimum Gasteiger partial charge on any atom is -0.494 e. The van der Waals surface area contributed by atoms with Crippen LogP contribution in [0.25, 0.3) is 0 Å². The molecule has 0 saturated heterocycles. The van der Waals surface area contributed by atoms with Gasteiger partial charge in [0, 0.05) is 18.4 Å². The molecule has 1 aliphatic rings. The number of anilines is 2. The van der Waals surface area contributed by atoms with Gasteiger partial charge in [0.05, 0.1) is 18.7 Å². The molecule has 136 valence electrons. The molecule has 0 bridgehead atoms. The molecule has 0 saturated carbocycles. The lowest BCUT2D eigenvalue weighted by Crippen LogP contribution is -2.28. The minimum atomic E-state index is -0.399. The average molecular weight is 355 g/mol. The van der Waals surface area contributed by atoms with E-state index in [1.54, 1.807) is 54.4 Å². The van der Waals surface area contributed by atoms with Gasteiger partial charge in [-0.1, -0.05) is 0 Å². The van der Waals surface area contributed by atoms with Crippen LogP contribution in [0, 0.1) is 0 Å². The van der Waals surface area contributed by atoms with E-state index < -0.39 is 6.03 Å². The summed E-state index contributed by atoms with van der Waals surface area (Å²) in [5.41, 5.74) is 1.59. The third-order valence-electron chi connectivity index (χ3n) is 3.92. The number of nitrogens with zero attached hydrogens (tertiary/aromatic N) is 1. The summed E-state index contributed by atoms with van der Waals surface area (Å²) in [6, 6.07) is 11.7. The van der Waals surface area contributed by atoms with Crippen LogP contribution in [-0.2, 0) is 0 Å². The van der Waals surface area contributed by atoms with Crippen molar-refractivity contribution in [1.82, 2.24) is 4.90 Å². The number of rotatable bonds is 4. The summed E-state index contributed by atoms with van der Waals surface area (Å²) in [4.78, 5) is 26.1. The summed E-state index contributed by atoms with van der Waals surface area (Å²) in [6.07, 6.45) is 0. The molecular weight excluding hydrogens is 334 g/mol. The third-order valence-corrected chi connectivity index (χ3v) is 3.92. The highest BCUT2D eigenvalue weighted by molar-refractivity contribution is 6.02. The van der Waals surface area contributed by atoms with E-state index >= 15 is 0 Å². The molecule has 1 aliphatic heterocycles. The lowest BCUT2D eigenvalue weighted by molar-refractivity contribution is 0.0796. The Morgan fingerprint density at radius 2 is 1.85 bits per heavy atom. The Morgan fingerprint density at radius 3 is 2.58 bits per heavy atom. The van der Waals surface area contributed by atoms with Crippen LogP contribution in [-0.4, -0.2) is 43.6 Å². The molecule has 3 amide bonds. The van der Waals surface area contributed by atoms with E-state index in [9.17, 15) is 9.59 Å². The van der Waals surface area contributed by atoms with Crippen LogP contribution in [0.4, 0.5) is 16.2 Å². The topological polar surface area (TPSA) is 79.9 Å². The van der Waals surface area contributed by atoms with E-state index in [1.807, 2.05) is 6.92 Å². The molecule has 2 aromatic rings. The van der Waals surface area contributed by atoms with E-state index in [0.29, 0.717) is 42.4 Å². The van der Waals surface area contributed by atoms with Crippen molar-refractivity contribution in [2.24, 2.45) is 0 Å². The molecule has 0 atom stereocenters. The van der Waals surface area contributed by atoms with Gasteiger partial charge in [-0.15, -0.1) is 0 Å². The first-order chi connectivity index (χ1) is 12.6. The van der Waals surface area contributed by atoms with Crippen LogP contribution in [0.2, 0.25) is 0 Å². The van der Waals surface area contributed by atoms with Crippen LogP contribution in [0.3, 0.4) is 0 Å². The number of amides is 3. The second kappa shape index (κ2) is 7.77. The molecule has 0 aromatic heterocycles. The largest absolute Gasteiger partial charge is 0.494 e. The normalized spacial score (nSPS) is 13.3. The first-order valence-corrected chi connectivity index (χ1v) is 8.40. The predicted molar refractivity (Wildman–Crippen MR) is 99.1 cm³/mol. The lowest BCUT2D eigenvalue weighted by Gasteiger charge is -2.13. The molecule has 7 nitrogen and oxygen atoms in total. The number of urea groups is 1. The molecule has 7 heteroatoms. The quantitative estimate of drug-likeness (QED) is 0.883. The summed E-state index contributed by atoms with van der Waals surface area (Å²) in [5.74, 6) is 1.14. The molecule has 0 unspecified atom stereocenters. The van der Waals surface area contributed by atoms with Crippen molar-refractivity contribution >= 4 is 23.3 Å². The Labute approximate surface area is 151 Å². The SMILES string of the molecule is CCOc1ccc(NC(=O)Nc2ccc3c(c2)C(=O)N(C)CCO3)cc1. The maximum atomic E-state index is 12.4. The highest BCUT2D eigenvalue weighted by atomic mass is 16.5. The van der Waals surface area contributed by atoms with E-state index in [0.717, 1.165) is 5.75 Å². The molecule has 0 aliphatic carbocycles. The monoisotopic (exact) mass is 355 g/mol. The fourth-order valence-corrected chi connectivity index (χ4v) is 2.60. The number of carbonyl (C=O) groups is 2. The maximum absolute atomic E-state index is 12.4. The van der Waals surface area contributed by atoms with Crippen molar-refractivity contribution < 1.29 is 19.1 Å². The van der Waals surface area contributed by atoms with Crippen molar-refractivity contribution in [1.29, 1.82) is 0 Å². The smallest absolute Gasteiger partial charge is 0.323 e. The summed E-state index contributed by atoms with van der Waals surface area (Å²) in [5, 5.41) is 5.47. The fraction of sp³-hybridized carbons (Fsp3) is 0.263. The zero-order valence-corrected chi connectivity index (χ0v) is 14.7. The van der Waals surface area contributed by atoms with Crippen LogP contribution < -0.4 is 20.1 Å². The number of nitrogens with one attached hydrogen (secondary N) is 2. The Hall–Kier alpha value is -3.22. The van der Waals surface area contributed by atoms with Crippen molar-refractivity contribution in [3.63, 3.8) is 0 Å². The molecule has 2 N–H and O–H groups in total. The molecule has 0 radical (unpaired) electrons. The van der Waals surface area contributed by atoms with Gasteiger partial charge in [0.2, 0.25) is 0 Å². The summed E-state index contributed by atoms with van der Waals surface area (Å²) >= 11 is 0. The summed E-state index contributed by atoms with van der Waals surface area (Å²) in [6.45, 7) is 3.46. The van der Waals surface area contributed by atoms with E-state index in [1.165, 1.54) is 0 Å². The number of likely N-dealkylation sites (N-methyl/N-ethyl adjacent to an activating group) is 1. The number of benzene rings is 2. The van der Waals surface area contributed by atoms with Crippen LogP contribution in [0.5, 0.6) is 11.5 Å². The Kier molecular flexibility index (Phi) is 5.26. The van der Waals surface area contributed by atoms with Gasteiger partial charge >= 0.3 is 6.03 Å². The molecule has 2 aromatic carbocycles. The molecule has 26 heavy (non-hydrogen) atoms. The van der Waals surface area contributed by atoms with Crippen LogP contribution in [0.1, 0.15) is 17.3 Å². The first-order valence-electron chi connectivity index (χ1n) is 8.40. The number of fused-ring (bicyclic) bond motifs is 1.